The molecule has 7 heteroatoms. The Kier molecular flexibility index (Phi) is 6.09. The van der Waals surface area contributed by atoms with E-state index < -0.39 is 0 Å². The minimum atomic E-state index is -0.0808. The fourth-order valence-electron chi connectivity index (χ4n) is 2.76. The van der Waals surface area contributed by atoms with Gasteiger partial charge in [0, 0.05) is 52.9 Å². The van der Waals surface area contributed by atoms with Gasteiger partial charge in [-0.2, -0.15) is 11.8 Å². The fraction of sp³-hybridized carbons (Fsp3) is 0.389. The van der Waals surface area contributed by atoms with Crippen LogP contribution in [-0.2, 0) is 0 Å². The molecule has 0 bridgehead atoms. The third kappa shape index (κ3) is 4.61. The second-order valence-electron chi connectivity index (χ2n) is 5.68. The maximum atomic E-state index is 12.6. The lowest BCUT2D eigenvalue weighted by atomic mass is 10.2. The van der Waals surface area contributed by atoms with E-state index in [1.807, 2.05) is 16.7 Å². The maximum absolute atomic E-state index is 12.6. The third-order valence-corrected chi connectivity index (χ3v) is 6.54. The number of anilines is 1. The summed E-state index contributed by atoms with van der Waals surface area (Å²) in [5, 5.41) is 5.55. The normalized spacial score (nSPS) is 17.7. The number of nitrogens with zero attached hydrogens (tertiary/aromatic N) is 1. The number of nitrogens with one attached hydrogen (secondary N) is 1. The highest BCUT2D eigenvalue weighted by Crippen LogP contribution is 2.36. The number of urea groups is 1. The molecule has 1 aromatic heterocycles. The van der Waals surface area contributed by atoms with E-state index in [2.05, 4.69) is 22.8 Å². The van der Waals surface area contributed by atoms with E-state index >= 15 is 0 Å². The van der Waals surface area contributed by atoms with Crippen molar-refractivity contribution in [3.63, 3.8) is 0 Å². The van der Waals surface area contributed by atoms with Crippen LogP contribution >= 0.6 is 23.1 Å². The Labute approximate surface area is 156 Å². The molecule has 134 valence electrons. The molecule has 1 fully saturated rings. The van der Waals surface area contributed by atoms with Gasteiger partial charge in [0.15, 0.2) is 0 Å². The van der Waals surface area contributed by atoms with Gasteiger partial charge < -0.3 is 19.7 Å². The number of amides is 2. The van der Waals surface area contributed by atoms with Gasteiger partial charge in [-0.1, -0.05) is 6.07 Å². The minimum absolute atomic E-state index is 0.0808. The molecule has 0 saturated carbocycles. The first-order valence-electron chi connectivity index (χ1n) is 8.13. The number of thioether (sulfide) groups is 1. The Balaban J connectivity index is 1.63. The van der Waals surface area contributed by atoms with Crippen LogP contribution in [0, 0.1) is 0 Å². The zero-order valence-electron chi connectivity index (χ0n) is 14.4. The molecular weight excluding hydrogens is 356 g/mol. The first-order valence-corrected chi connectivity index (χ1v) is 10.1. The predicted octanol–water partition coefficient (Wildman–Crippen LogP) is 4.48. The summed E-state index contributed by atoms with van der Waals surface area (Å²) in [6.45, 7) is 1.50. The van der Waals surface area contributed by atoms with Gasteiger partial charge in [0.1, 0.15) is 11.5 Å². The van der Waals surface area contributed by atoms with Gasteiger partial charge in [0.05, 0.1) is 14.2 Å². The zero-order valence-corrected chi connectivity index (χ0v) is 16.0. The van der Waals surface area contributed by atoms with Crippen LogP contribution in [0.25, 0.3) is 0 Å². The number of carbonyl (C=O) groups is 1. The Morgan fingerprint density at radius 1 is 1.20 bits per heavy atom. The van der Waals surface area contributed by atoms with Crippen molar-refractivity contribution in [2.24, 2.45) is 0 Å². The van der Waals surface area contributed by atoms with Gasteiger partial charge >= 0.3 is 6.03 Å². The molecule has 3 rings (SSSR count). The summed E-state index contributed by atoms with van der Waals surface area (Å²) in [7, 11) is 3.19. The molecule has 1 atom stereocenters. The molecule has 1 N–H and O–H groups in total. The molecule has 0 aliphatic carbocycles. The molecule has 2 aromatic rings. The van der Waals surface area contributed by atoms with E-state index in [0.717, 1.165) is 25.3 Å². The van der Waals surface area contributed by atoms with E-state index in [4.69, 9.17) is 9.47 Å². The molecule has 0 radical (unpaired) electrons. The van der Waals surface area contributed by atoms with Crippen LogP contribution in [0.4, 0.5) is 10.5 Å². The smallest absolute Gasteiger partial charge is 0.321 e. The lowest BCUT2D eigenvalue weighted by Crippen LogP contribution is -2.36. The van der Waals surface area contributed by atoms with Crippen molar-refractivity contribution in [1.29, 1.82) is 0 Å². The minimum Gasteiger partial charge on any atom is -0.497 e. The van der Waals surface area contributed by atoms with Gasteiger partial charge in [0.2, 0.25) is 0 Å². The quantitative estimate of drug-likeness (QED) is 0.852. The average molecular weight is 379 g/mol. The molecule has 1 unspecified atom stereocenters. The maximum Gasteiger partial charge on any atom is 0.321 e. The van der Waals surface area contributed by atoms with E-state index in [1.165, 1.54) is 4.88 Å². The van der Waals surface area contributed by atoms with E-state index in [-0.39, 0.29) is 6.03 Å². The second kappa shape index (κ2) is 8.49. The summed E-state index contributed by atoms with van der Waals surface area (Å²) >= 11 is 3.72. The molecule has 1 aliphatic rings. The average Bonchev–Trinajstić information content (AvgIpc) is 3.05. The van der Waals surface area contributed by atoms with Crippen molar-refractivity contribution < 1.29 is 14.3 Å². The number of thiophene rings is 1. The second-order valence-corrected chi connectivity index (χ2v) is 7.97. The molecule has 25 heavy (non-hydrogen) atoms. The number of methoxy groups -OCH3 is 2. The lowest BCUT2D eigenvalue weighted by molar-refractivity contribution is 0.215. The summed E-state index contributed by atoms with van der Waals surface area (Å²) < 4.78 is 10.5. The Bertz CT molecular complexity index is 684. The largest absolute Gasteiger partial charge is 0.497 e. The summed E-state index contributed by atoms with van der Waals surface area (Å²) in [6.07, 6.45) is 0.972. The van der Waals surface area contributed by atoms with Crippen molar-refractivity contribution >= 4 is 34.8 Å². The SMILES string of the molecule is COc1cc(NC(=O)N2CCSC(c3cccs3)CC2)cc(OC)c1. The number of hydrogen-bond acceptors (Lipinski definition) is 5. The molecule has 1 saturated heterocycles. The summed E-state index contributed by atoms with van der Waals surface area (Å²) in [4.78, 5) is 15.9. The van der Waals surface area contributed by atoms with Crippen LogP contribution in [0.3, 0.4) is 0 Å². The van der Waals surface area contributed by atoms with Crippen molar-refractivity contribution in [3.05, 3.63) is 40.6 Å². The van der Waals surface area contributed by atoms with Crippen LogP contribution in [0.15, 0.2) is 35.7 Å². The van der Waals surface area contributed by atoms with Crippen LogP contribution in [-0.4, -0.2) is 44.0 Å². The van der Waals surface area contributed by atoms with E-state index in [9.17, 15) is 4.79 Å². The number of rotatable bonds is 4. The van der Waals surface area contributed by atoms with Crippen LogP contribution in [0.1, 0.15) is 16.5 Å². The van der Waals surface area contributed by atoms with Crippen LogP contribution in [0.5, 0.6) is 11.5 Å². The number of hydrogen-bond donors (Lipinski definition) is 1. The van der Waals surface area contributed by atoms with Crippen LogP contribution < -0.4 is 14.8 Å². The monoisotopic (exact) mass is 378 g/mol. The highest BCUT2D eigenvalue weighted by Gasteiger charge is 2.22. The van der Waals surface area contributed by atoms with Gasteiger partial charge in [-0.25, -0.2) is 4.79 Å². The molecule has 1 aromatic carbocycles. The molecule has 2 amide bonds. The lowest BCUT2D eigenvalue weighted by Gasteiger charge is -2.21. The van der Waals surface area contributed by atoms with Gasteiger partial charge in [0.25, 0.3) is 0 Å². The first kappa shape index (κ1) is 17.9. The molecule has 0 spiro atoms. The van der Waals surface area contributed by atoms with E-state index in [0.29, 0.717) is 22.4 Å². The van der Waals surface area contributed by atoms with Crippen molar-refractivity contribution in [3.8, 4) is 11.5 Å². The van der Waals surface area contributed by atoms with Gasteiger partial charge in [-0.15, -0.1) is 11.3 Å². The highest BCUT2D eigenvalue weighted by molar-refractivity contribution is 7.99. The topological polar surface area (TPSA) is 50.8 Å². The van der Waals surface area contributed by atoms with Crippen molar-refractivity contribution in [1.82, 2.24) is 4.90 Å². The number of ether oxygens (including phenoxy) is 2. The summed E-state index contributed by atoms with van der Waals surface area (Å²) in [5.41, 5.74) is 0.674. The van der Waals surface area contributed by atoms with Gasteiger partial charge in [-0.05, 0) is 17.9 Å². The van der Waals surface area contributed by atoms with E-state index in [1.54, 1.807) is 43.8 Å². The first-order chi connectivity index (χ1) is 12.2. The van der Waals surface area contributed by atoms with Gasteiger partial charge in [-0.3, -0.25) is 0 Å². The highest BCUT2D eigenvalue weighted by atomic mass is 32.2. The Morgan fingerprint density at radius 3 is 2.60 bits per heavy atom. The zero-order chi connectivity index (χ0) is 17.6. The Hall–Kier alpha value is -1.86. The van der Waals surface area contributed by atoms with Crippen molar-refractivity contribution in [2.75, 3.05) is 38.4 Å². The number of benzene rings is 1. The number of carbonyl (C=O) groups excluding carboxylic acids is 1. The predicted molar refractivity (Wildman–Crippen MR) is 104 cm³/mol. The van der Waals surface area contributed by atoms with Crippen LogP contribution in [0.2, 0.25) is 0 Å². The molecule has 5 nitrogen and oxygen atoms in total. The molecular formula is C18H22N2O3S2. The summed E-state index contributed by atoms with van der Waals surface area (Å²) in [5.74, 6) is 2.25. The fourth-order valence-corrected chi connectivity index (χ4v) is 4.99. The third-order valence-electron chi connectivity index (χ3n) is 4.09. The van der Waals surface area contributed by atoms with Crippen molar-refractivity contribution in [2.45, 2.75) is 11.7 Å². The summed E-state index contributed by atoms with van der Waals surface area (Å²) in [6, 6.07) is 9.56. The molecule has 1 aliphatic heterocycles. The standard InChI is InChI=1S/C18H22N2O3S2/c1-22-14-10-13(11-15(12-14)23-2)19-18(21)20-6-5-17(25-9-7-20)16-4-3-8-24-16/h3-4,8,10-12,17H,5-7,9H2,1-2H3,(H,19,21). The molecule has 2 heterocycles. The Morgan fingerprint density at radius 2 is 1.96 bits per heavy atom.